The quantitative estimate of drug-likeness (QED) is 0.303. The van der Waals surface area contributed by atoms with E-state index in [-0.39, 0.29) is 17.3 Å². The minimum Gasteiger partial charge on any atom is -0.393 e. The van der Waals surface area contributed by atoms with Gasteiger partial charge in [-0.2, -0.15) is 0 Å². The number of hydrogen-bond donors (Lipinski definition) is 2. The van der Waals surface area contributed by atoms with Gasteiger partial charge in [-0.05, 0) is 18.6 Å². The first kappa shape index (κ1) is 16.9. The van der Waals surface area contributed by atoms with Gasteiger partial charge in [-0.25, -0.2) is 0 Å². The van der Waals surface area contributed by atoms with E-state index in [0.29, 0.717) is 38.3 Å². The van der Waals surface area contributed by atoms with Crippen molar-refractivity contribution < 1.29 is 19.2 Å². The molecule has 3 N–H and O–H groups in total. The number of rotatable bonds is 9. The number of hydrogen-bond acceptors (Lipinski definition) is 6. The van der Waals surface area contributed by atoms with Crippen molar-refractivity contribution in [3.63, 3.8) is 0 Å². The van der Waals surface area contributed by atoms with E-state index in [9.17, 15) is 14.9 Å². The maximum Gasteiger partial charge on any atom is 0.292 e. The van der Waals surface area contributed by atoms with E-state index >= 15 is 0 Å². The molecule has 1 amide bonds. The Morgan fingerprint density at radius 2 is 2.14 bits per heavy atom. The number of nitro groups is 1. The Bertz CT molecular complexity index is 493. The van der Waals surface area contributed by atoms with Crippen molar-refractivity contribution in [2.24, 2.45) is 0 Å². The average molecular weight is 297 g/mol. The summed E-state index contributed by atoms with van der Waals surface area (Å²) in [4.78, 5) is 21.9. The highest BCUT2D eigenvalue weighted by Crippen LogP contribution is 2.21. The Hall–Kier alpha value is -2.19. The number of ether oxygens (including phenoxy) is 2. The Balaban J connectivity index is 2.35. The highest BCUT2D eigenvalue weighted by atomic mass is 16.6. The lowest BCUT2D eigenvalue weighted by molar-refractivity contribution is -0.383. The zero-order valence-electron chi connectivity index (χ0n) is 11.8. The number of nitro benzene ring substituents is 1. The van der Waals surface area contributed by atoms with Crippen LogP contribution in [0.4, 0.5) is 11.4 Å². The Morgan fingerprint density at radius 1 is 1.38 bits per heavy atom. The highest BCUT2D eigenvalue weighted by Gasteiger charge is 2.14. The molecular formula is C13H19N3O5. The second-order valence-corrected chi connectivity index (χ2v) is 4.25. The molecule has 0 radical (unpaired) electrons. The summed E-state index contributed by atoms with van der Waals surface area (Å²) in [5.41, 5.74) is 5.58. The average Bonchev–Trinajstić information content (AvgIpc) is 2.45. The smallest absolute Gasteiger partial charge is 0.292 e. The second kappa shape index (κ2) is 8.88. The first-order chi connectivity index (χ1) is 10.1. The summed E-state index contributed by atoms with van der Waals surface area (Å²) in [6.07, 6.45) is 0.665. The lowest BCUT2D eigenvalue weighted by Crippen LogP contribution is -2.25. The van der Waals surface area contributed by atoms with Gasteiger partial charge in [-0.1, -0.05) is 0 Å². The van der Waals surface area contributed by atoms with Gasteiger partial charge in [0, 0.05) is 31.9 Å². The minimum absolute atomic E-state index is 0.0319. The molecule has 116 valence electrons. The summed E-state index contributed by atoms with van der Waals surface area (Å²) >= 11 is 0. The molecule has 0 saturated heterocycles. The molecule has 0 fully saturated rings. The van der Waals surface area contributed by atoms with Gasteiger partial charge < -0.3 is 20.5 Å². The molecule has 0 bridgehead atoms. The number of benzene rings is 1. The van der Waals surface area contributed by atoms with Crippen LogP contribution in [0, 0.1) is 10.1 Å². The van der Waals surface area contributed by atoms with E-state index in [2.05, 4.69) is 5.32 Å². The van der Waals surface area contributed by atoms with Gasteiger partial charge in [-0.15, -0.1) is 0 Å². The standard InChI is InChI=1S/C13H19N3O5/c1-20-7-8-21-6-2-5-15-13(17)10-3-4-12(16(18)19)11(14)9-10/h3-4,9H,2,5-8,14H2,1H3,(H,15,17). The zero-order valence-corrected chi connectivity index (χ0v) is 11.8. The van der Waals surface area contributed by atoms with Crippen molar-refractivity contribution >= 4 is 17.3 Å². The summed E-state index contributed by atoms with van der Waals surface area (Å²) in [6, 6.07) is 3.89. The summed E-state index contributed by atoms with van der Waals surface area (Å²) in [5, 5.41) is 13.3. The van der Waals surface area contributed by atoms with Crippen molar-refractivity contribution in [1.82, 2.24) is 5.32 Å². The van der Waals surface area contributed by atoms with Crippen molar-refractivity contribution in [2.45, 2.75) is 6.42 Å². The molecule has 0 aliphatic rings. The number of carbonyl (C=O) groups is 1. The number of amides is 1. The van der Waals surface area contributed by atoms with Gasteiger partial charge in [0.2, 0.25) is 0 Å². The lowest BCUT2D eigenvalue weighted by Gasteiger charge is -2.07. The van der Waals surface area contributed by atoms with Crippen LogP contribution in [-0.2, 0) is 9.47 Å². The molecule has 0 saturated carbocycles. The molecular weight excluding hydrogens is 278 g/mol. The Labute approximate surface area is 122 Å². The van der Waals surface area contributed by atoms with Crippen LogP contribution in [0.3, 0.4) is 0 Å². The summed E-state index contributed by atoms with van der Waals surface area (Å²) < 4.78 is 10.1. The van der Waals surface area contributed by atoms with Crippen LogP contribution in [0.1, 0.15) is 16.8 Å². The minimum atomic E-state index is -0.589. The molecule has 0 aromatic heterocycles. The van der Waals surface area contributed by atoms with Crippen molar-refractivity contribution in [1.29, 1.82) is 0 Å². The predicted octanol–water partition coefficient (Wildman–Crippen LogP) is 0.960. The molecule has 21 heavy (non-hydrogen) atoms. The molecule has 0 aliphatic heterocycles. The predicted molar refractivity (Wildman–Crippen MR) is 77.2 cm³/mol. The van der Waals surface area contributed by atoms with E-state index in [1.807, 2.05) is 0 Å². The van der Waals surface area contributed by atoms with Crippen LogP contribution in [0.15, 0.2) is 18.2 Å². The number of nitrogens with zero attached hydrogens (tertiary/aromatic N) is 1. The van der Waals surface area contributed by atoms with Crippen LogP contribution >= 0.6 is 0 Å². The number of carbonyl (C=O) groups excluding carboxylic acids is 1. The molecule has 8 nitrogen and oxygen atoms in total. The van der Waals surface area contributed by atoms with Crippen LogP contribution < -0.4 is 11.1 Å². The molecule has 0 aliphatic carbocycles. The monoisotopic (exact) mass is 297 g/mol. The molecule has 0 spiro atoms. The van der Waals surface area contributed by atoms with Crippen LogP contribution in [0.25, 0.3) is 0 Å². The van der Waals surface area contributed by atoms with Crippen LogP contribution in [0.5, 0.6) is 0 Å². The fourth-order valence-electron chi connectivity index (χ4n) is 1.58. The second-order valence-electron chi connectivity index (χ2n) is 4.25. The number of methoxy groups -OCH3 is 1. The van der Waals surface area contributed by atoms with Gasteiger partial charge in [0.1, 0.15) is 5.69 Å². The fourth-order valence-corrected chi connectivity index (χ4v) is 1.58. The van der Waals surface area contributed by atoms with E-state index in [0.717, 1.165) is 0 Å². The number of nitrogens with one attached hydrogen (secondary N) is 1. The third-order valence-corrected chi connectivity index (χ3v) is 2.67. The molecule has 1 aromatic carbocycles. The highest BCUT2D eigenvalue weighted by molar-refractivity contribution is 5.95. The van der Waals surface area contributed by atoms with Crippen LogP contribution in [-0.4, -0.2) is 44.3 Å². The third kappa shape index (κ3) is 5.76. The Morgan fingerprint density at radius 3 is 2.76 bits per heavy atom. The van der Waals surface area contributed by atoms with E-state index < -0.39 is 4.92 Å². The maximum absolute atomic E-state index is 11.8. The molecule has 1 rings (SSSR count). The number of anilines is 1. The summed E-state index contributed by atoms with van der Waals surface area (Å²) in [5.74, 6) is -0.325. The van der Waals surface area contributed by atoms with Gasteiger partial charge in [0.25, 0.3) is 11.6 Å². The first-order valence-electron chi connectivity index (χ1n) is 6.45. The van der Waals surface area contributed by atoms with E-state index in [1.165, 1.54) is 18.2 Å². The molecule has 0 heterocycles. The summed E-state index contributed by atoms with van der Waals surface area (Å²) in [6.45, 7) is 2.02. The van der Waals surface area contributed by atoms with Crippen molar-refractivity contribution in [3.8, 4) is 0 Å². The SMILES string of the molecule is COCCOCCCNC(=O)c1ccc([N+](=O)[O-])c(N)c1. The first-order valence-corrected chi connectivity index (χ1v) is 6.45. The van der Waals surface area contributed by atoms with E-state index in [4.69, 9.17) is 15.2 Å². The van der Waals surface area contributed by atoms with Crippen molar-refractivity contribution in [2.75, 3.05) is 39.2 Å². The van der Waals surface area contributed by atoms with Gasteiger partial charge in [-0.3, -0.25) is 14.9 Å². The topological polar surface area (TPSA) is 117 Å². The number of nitrogens with two attached hydrogens (primary N) is 1. The number of nitrogen functional groups attached to an aromatic ring is 1. The van der Waals surface area contributed by atoms with Crippen molar-refractivity contribution in [3.05, 3.63) is 33.9 Å². The molecule has 1 aromatic rings. The fraction of sp³-hybridized carbons (Fsp3) is 0.462. The van der Waals surface area contributed by atoms with E-state index in [1.54, 1.807) is 7.11 Å². The normalized spacial score (nSPS) is 10.3. The third-order valence-electron chi connectivity index (χ3n) is 2.67. The van der Waals surface area contributed by atoms with Gasteiger partial charge in [0.05, 0.1) is 18.1 Å². The van der Waals surface area contributed by atoms with Gasteiger partial charge >= 0.3 is 0 Å². The largest absolute Gasteiger partial charge is 0.393 e. The summed E-state index contributed by atoms with van der Waals surface area (Å²) in [7, 11) is 1.60. The van der Waals surface area contributed by atoms with Gasteiger partial charge in [0.15, 0.2) is 0 Å². The molecule has 0 unspecified atom stereocenters. The van der Waals surface area contributed by atoms with Crippen LogP contribution in [0.2, 0.25) is 0 Å². The molecule has 0 atom stereocenters. The maximum atomic E-state index is 11.8. The lowest BCUT2D eigenvalue weighted by atomic mass is 10.1. The zero-order chi connectivity index (χ0) is 15.7. The Kier molecular flexibility index (Phi) is 7.13. The molecule has 8 heteroatoms.